The van der Waals surface area contributed by atoms with E-state index < -0.39 is 5.60 Å². The van der Waals surface area contributed by atoms with Crippen molar-refractivity contribution in [3.8, 4) is 11.5 Å². The van der Waals surface area contributed by atoms with Crippen LogP contribution in [0.4, 0.5) is 4.79 Å². The van der Waals surface area contributed by atoms with Gasteiger partial charge in [-0.1, -0.05) is 0 Å². The van der Waals surface area contributed by atoms with Gasteiger partial charge in [0.05, 0.1) is 19.8 Å². The van der Waals surface area contributed by atoms with Gasteiger partial charge in [-0.25, -0.2) is 4.79 Å². The van der Waals surface area contributed by atoms with Crippen molar-refractivity contribution in [3.05, 3.63) is 23.8 Å². The van der Waals surface area contributed by atoms with Crippen LogP contribution in [-0.2, 0) is 9.47 Å². The number of rotatable bonds is 9. The van der Waals surface area contributed by atoms with Gasteiger partial charge in [-0.05, 0) is 72.1 Å². The Kier molecular flexibility index (Phi) is 10.5. The fourth-order valence-corrected chi connectivity index (χ4v) is 4.12. The van der Waals surface area contributed by atoms with Gasteiger partial charge in [0.2, 0.25) is 0 Å². The number of hydrogen-bond donors (Lipinski definition) is 0. The minimum atomic E-state index is -0.560. The first-order chi connectivity index (χ1) is 16.1. The number of likely N-dealkylation sites (tertiary alicyclic amines) is 1. The number of hydrogen-bond acceptors (Lipinski definition) is 6. The molecule has 0 aliphatic carbocycles. The lowest BCUT2D eigenvalue weighted by atomic mass is 10.0. The molecule has 34 heavy (non-hydrogen) atoms. The molecule has 2 amide bonds. The van der Waals surface area contributed by atoms with Gasteiger partial charge in [0.1, 0.15) is 5.60 Å². The van der Waals surface area contributed by atoms with Crippen LogP contribution in [0.3, 0.4) is 0 Å². The summed E-state index contributed by atoms with van der Waals surface area (Å²) in [6.45, 7) is 11.7. The molecule has 1 heterocycles. The van der Waals surface area contributed by atoms with E-state index in [0.29, 0.717) is 43.4 Å². The highest BCUT2D eigenvalue weighted by Gasteiger charge is 2.33. The van der Waals surface area contributed by atoms with Crippen molar-refractivity contribution in [2.24, 2.45) is 0 Å². The largest absolute Gasteiger partial charge is 0.493 e. The van der Waals surface area contributed by atoms with Gasteiger partial charge in [-0.15, -0.1) is 0 Å². The first kappa shape index (κ1) is 27.8. The highest BCUT2D eigenvalue weighted by atomic mass is 16.6. The number of benzene rings is 1. The van der Waals surface area contributed by atoms with E-state index in [1.165, 1.54) is 0 Å². The molecule has 0 bridgehead atoms. The van der Waals surface area contributed by atoms with Crippen LogP contribution in [0.5, 0.6) is 11.5 Å². The van der Waals surface area contributed by atoms with Crippen molar-refractivity contribution < 1.29 is 28.5 Å². The van der Waals surface area contributed by atoms with Crippen LogP contribution in [-0.4, -0.2) is 80.0 Å². The molecule has 1 aromatic rings. The molecule has 1 aliphatic heterocycles. The normalized spacial score (nSPS) is 16.7. The molecule has 0 radical (unpaired) electrons. The zero-order chi connectivity index (χ0) is 25.3. The molecular formula is C26H42N2O6. The number of carbonyl (C=O) groups excluding carboxylic acids is 2. The summed E-state index contributed by atoms with van der Waals surface area (Å²) < 4.78 is 22.0. The SMILES string of the molecule is COCCCOc1cc(C(=O)N(C(C)C)[C@H]2CCCCN(C(=O)OC(C)(C)C)C2)ccc1OC. The fourth-order valence-electron chi connectivity index (χ4n) is 4.12. The Labute approximate surface area is 204 Å². The molecule has 8 nitrogen and oxygen atoms in total. The first-order valence-corrected chi connectivity index (χ1v) is 12.2. The highest BCUT2D eigenvalue weighted by Crippen LogP contribution is 2.30. The third kappa shape index (κ3) is 8.08. The molecular weight excluding hydrogens is 436 g/mol. The zero-order valence-electron chi connectivity index (χ0n) is 21.9. The van der Waals surface area contributed by atoms with Crippen LogP contribution in [0, 0.1) is 0 Å². The second kappa shape index (κ2) is 12.8. The van der Waals surface area contributed by atoms with Crippen molar-refractivity contribution in [1.29, 1.82) is 0 Å². The maximum absolute atomic E-state index is 13.7. The zero-order valence-corrected chi connectivity index (χ0v) is 21.9. The number of carbonyl (C=O) groups is 2. The van der Waals surface area contributed by atoms with Crippen LogP contribution in [0.25, 0.3) is 0 Å². The molecule has 0 N–H and O–H groups in total. The van der Waals surface area contributed by atoms with E-state index in [0.717, 1.165) is 25.7 Å². The summed E-state index contributed by atoms with van der Waals surface area (Å²) in [5, 5.41) is 0. The van der Waals surface area contributed by atoms with Crippen LogP contribution in [0.15, 0.2) is 18.2 Å². The van der Waals surface area contributed by atoms with E-state index in [-0.39, 0.29) is 24.1 Å². The number of amides is 2. The molecule has 8 heteroatoms. The lowest BCUT2D eigenvalue weighted by Gasteiger charge is -2.37. The summed E-state index contributed by atoms with van der Waals surface area (Å²) in [7, 11) is 3.23. The Morgan fingerprint density at radius 1 is 1.12 bits per heavy atom. The second-order valence-corrected chi connectivity index (χ2v) is 9.94. The lowest BCUT2D eigenvalue weighted by Crippen LogP contribution is -2.51. The highest BCUT2D eigenvalue weighted by molar-refractivity contribution is 5.95. The van der Waals surface area contributed by atoms with E-state index in [1.807, 2.05) is 39.5 Å². The topological polar surface area (TPSA) is 77.5 Å². The van der Waals surface area contributed by atoms with Gasteiger partial charge < -0.3 is 28.7 Å². The predicted molar refractivity (Wildman–Crippen MR) is 132 cm³/mol. The monoisotopic (exact) mass is 478 g/mol. The van der Waals surface area contributed by atoms with Gasteiger partial charge in [-0.2, -0.15) is 0 Å². The Morgan fingerprint density at radius 2 is 1.85 bits per heavy atom. The van der Waals surface area contributed by atoms with Gasteiger partial charge in [0.25, 0.3) is 5.91 Å². The maximum Gasteiger partial charge on any atom is 0.410 e. The minimum absolute atomic E-state index is 0.0377. The summed E-state index contributed by atoms with van der Waals surface area (Å²) in [5.74, 6) is 1.02. The quantitative estimate of drug-likeness (QED) is 0.477. The van der Waals surface area contributed by atoms with Crippen molar-refractivity contribution in [3.63, 3.8) is 0 Å². The third-order valence-corrected chi connectivity index (χ3v) is 5.64. The van der Waals surface area contributed by atoms with Crippen LogP contribution >= 0.6 is 0 Å². The summed E-state index contributed by atoms with van der Waals surface area (Å²) in [6, 6.07) is 5.13. The van der Waals surface area contributed by atoms with Crippen molar-refractivity contribution in [2.75, 3.05) is 40.5 Å². The van der Waals surface area contributed by atoms with E-state index in [4.69, 9.17) is 18.9 Å². The van der Waals surface area contributed by atoms with E-state index in [2.05, 4.69) is 0 Å². The Hall–Kier alpha value is -2.48. The van der Waals surface area contributed by atoms with Crippen LogP contribution in [0.1, 0.15) is 70.7 Å². The average Bonchev–Trinajstić information content (AvgIpc) is 3.01. The number of nitrogens with zero attached hydrogens (tertiary/aromatic N) is 2. The lowest BCUT2D eigenvalue weighted by molar-refractivity contribution is 0.0182. The maximum atomic E-state index is 13.7. The molecule has 0 aromatic heterocycles. The number of methoxy groups -OCH3 is 2. The molecule has 192 valence electrons. The summed E-state index contributed by atoms with van der Waals surface area (Å²) in [5.41, 5.74) is -0.0286. The van der Waals surface area contributed by atoms with E-state index in [1.54, 1.807) is 37.3 Å². The summed E-state index contributed by atoms with van der Waals surface area (Å²) in [6.07, 6.45) is 3.07. The number of ether oxygens (including phenoxy) is 4. The van der Waals surface area contributed by atoms with E-state index >= 15 is 0 Å². The molecule has 1 saturated heterocycles. The molecule has 1 aliphatic rings. The van der Waals surface area contributed by atoms with Crippen LogP contribution in [0.2, 0.25) is 0 Å². The Balaban J connectivity index is 2.24. The molecule has 0 saturated carbocycles. The third-order valence-electron chi connectivity index (χ3n) is 5.64. The van der Waals surface area contributed by atoms with Crippen molar-refractivity contribution >= 4 is 12.0 Å². The first-order valence-electron chi connectivity index (χ1n) is 12.2. The molecule has 1 aromatic carbocycles. The van der Waals surface area contributed by atoms with Crippen LogP contribution < -0.4 is 9.47 Å². The van der Waals surface area contributed by atoms with Gasteiger partial charge in [0, 0.05) is 44.8 Å². The molecule has 2 rings (SSSR count). The average molecular weight is 479 g/mol. The molecule has 1 atom stereocenters. The van der Waals surface area contributed by atoms with Crippen molar-refractivity contribution in [2.45, 2.75) is 78.0 Å². The Morgan fingerprint density at radius 3 is 2.47 bits per heavy atom. The van der Waals surface area contributed by atoms with E-state index in [9.17, 15) is 9.59 Å². The van der Waals surface area contributed by atoms with Gasteiger partial charge >= 0.3 is 6.09 Å². The van der Waals surface area contributed by atoms with Gasteiger partial charge in [0.15, 0.2) is 11.5 Å². The standard InChI is InChI=1S/C26H42N2O6/c1-19(2)28(21-11-8-9-14-27(18-21)25(30)34-26(3,4)5)24(29)20-12-13-22(32-7)23(17-20)33-16-10-15-31-6/h12-13,17,19,21H,8-11,14-16,18H2,1-7H3/t21-/m0/s1. The smallest absolute Gasteiger partial charge is 0.410 e. The predicted octanol–water partition coefficient (Wildman–Crippen LogP) is 4.75. The summed E-state index contributed by atoms with van der Waals surface area (Å²) in [4.78, 5) is 30.1. The fraction of sp³-hybridized carbons (Fsp3) is 0.692. The molecule has 1 fully saturated rings. The second-order valence-electron chi connectivity index (χ2n) is 9.94. The van der Waals surface area contributed by atoms with Crippen molar-refractivity contribution in [1.82, 2.24) is 9.80 Å². The van der Waals surface area contributed by atoms with Gasteiger partial charge in [-0.3, -0.25) is 4.79 Å². The molecule has 0 unspecified atom stereocenters. The Bertz CT molecular complexity index is 805. The minimum Gasteiger partial charge on any atom is -0.493 e. The molecule has 0 spiro atoms. The summed E-state index contributed by atoms with van der Waals surface area (Å²) >= 11 is 0.